The minimum absolute atomic E-state index is 0.0361. The first-order valence-electron chi connectivity index (χ1n) is 9.51. The predicted octanol–water partition coefficient (Wildman–Crippen LogP) is 4.73. The summed E-state index contributed by atoms with van der Waals surface area (Å²) in [6.45, 7) is 7.21. The monoisotopic (exact) mass is 372 g/mol. The largest absolute Gasteiger partial charge is 0.305 e. The number of rotatable bonds is 5. The lowest BCUT2D eigenvalue weighted by atomic mass is 9.99. The lowest BCUT2D eigenvalue weighted by Gasteiger charge is -2.39. The summed E-state index contributed by atoms with van der Waals surface area (Å²) in [6, 6.07) is 11.8. The molecule has 3 nitrogen and oxygen atoms in total. The lowest BCUT2D eigenvalue weighted by Crippen LogP contribution is -2.48. The molecule has 0 aliphatic carbocycles. The number of likely N-dealkylation sites (tertiary alicyclic amines) is 1. The van der Waals surface area contributed by atoms with Gasteiger partial charge in [-0.25, -0.2) is 8.78 Å². The first-order chi connectivity index (χ1) is 13.0. The Balaban J connectivity index is 1.86. The van der Waals surface area contributed by atoms with E-state index in [1.54, 1.807) is 29.2 Å². The van der Waals surface area contributed by atoms with Crippen LogP contribution in [0.3, 0.4) is 0 Å². The van der Waals surface area contributed by atoms with Gasteiger partial charge >= 0.3 is 0 Å². The van der Waals surface area contributed by atoms with Gasteiger partial charge in [0, 0.05) is 31.4 Å². The smallest absolute Gasteiger partial charge is 0.261 e. The average molecular weight is 372 g/mol. The van der Waals surface area contributed by atoms with Crippen LogP contribution in [0.4, 0.5) is 14.5 Å². The Morgan fingerprint density at radius 1 is 1.07 bits per heavy atom. The summed E-state index contributed by atoms with van der Waals surface area (Å²) in [7, 11) is 0. The van der Waals surface area contributed by atoms with E-state index in [-0.39, 0.29) is 23.3 Å². The number of carbonyl (C=O) groups excluding carboxylic acids is 1. The van der Waals surface area contributed by atoms with Crippen molar-refractivity contribution in [2.75, 3.05) is 24.5 Å². The predicted molar refractivity (Wildman–Crippen MR) is 104 cm³/mol. The van der Waals surface area contributed by atoms with Gasteiger partial charge in [-0.15, -0.1) is 0 Å². The summed E-state index contributed by atoms with van der Waals surface area (Å²) in [5.41, 5.74) is 0.651. The van der Waals surface area contributed by atoms with Gasteiger partial charge in [-0.05, 0) is 55.2 Å². The van der Waals surface area contributed by atoms with E-state index in [0.717, 1.165) is 32.5 Å². The highest BCUT2D eigenvalue weighted by atomic mass is 19.1. The van der Waals surface area contributed by atoms with Crippen LogP contribution in [-0.4, -0.2) is 36.5 Å². The first kappa shape index (κ1) is 19.5. The van der Waals surface area contributed by atoms with E-state index < -0.39 is 5.82 Å². The molecular formula is C22H26F2N2O. The number of piperidine rings is 1. The SMILES string of the molecule is CC(C)CN1CCC(N(C(=O)c2ccccc2F)c2ccc(F)cc2)CC1. The van der Waals surface area contributed by atoms with E-state index in [1.807, 2.05) is 0 Å². The van der Waals surface area contributed by atoms with Crippen LogP contribution in [0.15, 0.2) is 48.5 Å². The Labute approximate surface area is 159 Å². The van der Waals surface area contributed by atoms with Gasteiger partial charge in [0.15, 0.2) is 0 Å². The third-order valence-corrected chi connectivity index (χ3v) is 4.97. The van der Waals surface area contributed by atoms with Crippen molar-refractivity contribution in [1.82, 2.24) is 4.90 Å². The van der Waals surface area contributed by atoms with Crippen LogP contribution < -0.4 is 4.90 Å². The maximum atomic E-state index is 14.2. The molecule has 0 N–H and O–H groups in total. The second-order valence-corrected chi connectivity index (χ2v) is 7.56. The molecule has 0 aromatic heterocycles. The molecule has 1 heterocycles. The number of hydrogen-bond donors (Lipinski definition) is 0. The third-order valence-electron chi connectivity index (χ3n) is 4.97. The summed E-state index contributed by atoms with van der Waals surface area (Å²) in [6.07, 6.45) is 1.62. The van der Waals surface area contributed by atoms with Crippen molar-refractivity contribution in [3.63, 3.8) is 0 Å². The topological polar surface area (TPSA) is 23.6 Å². The number of carbonyl (C=O) groups is 1. The molecule has 0 saturated carbocycles. The number of hydrogen-bond acceptors (Lipinski definition) is 2. The van der Waals surface area contributed by atoms with E-state index in [0.29, 0.717) is 11.6 Å². The van der Waals surface area contributed by atoms with Crippen LogP contribution >= 0.6 is 0 Å². The molecule has 0 atom stereocenters. The Morgan fingerprint density at radius 3 is 2.30 bits per heavy atom. The van der Waals surface area contributed by atoms with E-state index in [4.69, 9.17) is 0 Å². The van der Waals surface area contributed by atoms with Gasteiger partial charge in [0.1, 0.15) is 11.6 Å². The Bertz CT molecular complexity index is 768. The molecule has 1 saturated heterocycles. The summed E-state index contributed by atoms with van der Waals surface area (Å²) >= 11 is 0. The molecule has 1 aliphatic heterocycles. The zero-order valence-electron chi connectivity index (χ0n) is 15.9. The fourth-order valence-corrected chi connectivity index (χ4v) is 3.74. The Hall–Kier alpha value is -2.27. The molecule has 5 heteroatoms. The second-order valence-electron chi connectivity index (χ2n) is 7.56. The summed E-state index contributed by atoms with van der Waals surface area (Å²) in [5.74, 6) is -0.674. The van der Waals surface area contributed by atoms with Crippen molar-refractivity contribution in [2.24, 2.45) is 5.92 Å². The normalized spacial score (nSPS) is 15.9. The number of nitrogens with zero attached hydrogens (tertiary/aromatic N) is 2. The second kappa shape index (κ2) is 8.61. The van der Waals surface area contributed by atoms with Crippen LogP contribution in [0.2, 0.25) is 0 Å². The third kappa shape index (κ3) is 4.72. The molecule has 3 rings (SSSR count). The van der Waals surface area contributed by atoms with Gasteiger partial charge in [-0.1, -0.05) is 26.0 Å². The van der Waals surface area contributed by atoms with E-state index >= 15 is 0 Å². The highest BCUT2D eigenvalue weighted by Gasteiger charge is 2.31. The zero-order valence-corrected chi connectivity index (χ0v) is 15.9. The average Bonchev–Trinajstić information content (AvgIpc) is 2.65. The fraction of sp³-hybridized carbons (Fsp3) is 0.409. The van der Waals surface area contributed by atoms with Crippen LogP contribution in [0.25, 0.3) is 0 Å². The maximum absolute atomic E-state index is 14.2. The van der Waals surface area contributed by atoms with Gasteiger partial charge in [-0.2, -0.15) is 0 Å². The summed E-state index contributed by atoms with van der Waals surface area (Å²) in [5, 5.41) is 0. The molecule has 0 bridgehead atoms. The molecular weight excluding hydrogens is 346 g/mol. The van der Waals surface area contributed by atoms with Crippen LogP contribution in [0.5, 0.6) is 0 Å². The number of benzene rings is 2. The van der Waals surface area contributed by atoms with Crippen molar-refractivity contribution in [1.29, 1.82) is 0 Å². The molecule has 2 aromatic rings. The highest BCUT2D eigenvalue weighted by Crippen LogP contribution is 2.27. The number of amides is 1. The quantitative estimate of drug-likeness (QED) is 0.757. The van der Waals surface area contributed by atoms with Gasteiger partial charge in [0.05, 0.1) is 5.56 Å². The molecule has 144 valence electrons. The molecule has 0 radical (unpaired) electrons. The molecule has 27 heavy (non-hydrogen) atoms. The standard InChI is InChI=1S/C22H26F2N2O/c1-16(2)15-25-13-11-19(12-14-25)26(18-9-7-17(23)8-10-18)22(27)20-5-3-4-6-21(20)24/h3-10,16,19H,11-15H2,1-2H3. The van der Waals surface area contributed by atoms with E-state index in [9.17, 15) is 13.6 Å². The van der Waals surface area contributed by atoms with Crippen LogP contribution in [0, 0.1) is 17.6 Å². The lowest BCUT2D eigenvalue weighted by molar-refractivity contribution is 0.0953. The zero-order chi connectivity index (χ0) is 19.4. The Kier molecular flexibility index (Phi) is 6.22. The van der Waals surface area contributed by atoms with Crippen molar-refractivity contribution in [3.05, 3.63) is 65.7 Å². The molecule has 0 unspecified atom stereocenters. The van der Waals surface area contributed by atoms with Crippen molar-refractivity contribution in [2.45, 2.75) is 32.7 Å². The van der Waals surface area contributed by atoms with Gasteiger partial charge in [-0.3, -0.25) is 4.79 Å². The van der Waals surface area contributed by atoms with Crippen molar-refractivity contribution in [3.8, 4) is 0 Å². The fourth-order valence-electron chi connectivity index (χ4n) is 3.74. The number of anilines is 1. The molecule has 2 aromatic carbocycles. The maximum Gasteiger partial charge on any atom is 0.261 e. The minimum Gasteiger partial charge on any atom is -0.305 e. The summed E-state index contributed by atoms with van der Waals surface area (Å²) < 4.78 is 27.6. The van der Waals surface area contributed by atoms with Gasteiger partial charge in [0.2, 0.25) is 0 Å². The van der Waals surface area contributed by atoms with E-state index in [1.165, 1.54) is 24.3 Å². The minimum atomic E-state index is -0.535. The van der Waals surface area contributed by atoms with Crippen LogP contribution in [0.1, 0.15) is 37.0 Å². The van der Waals surface area contributed by atoms with Crippen molar-refractivity contribution >= 4 is 11.6 Å². The van der Waals surface area contributed by atoms with Gasteiger partial charge < -0.3 is 9.80 Å². The number of halogens is 2. The molecule has 1 amide bonds. The molecule has 1 fully saturated rings. The van der Waals surface area contributed by atoms with Crippen molar-refractivity contribution < 1.29 is 13.6 Å². The Morgan fingerprint density at radius 2 is 1.70 bits per heavy atom. The summed E-state index contributed by atoms with van der Waals surface area (Å²) in [4.78, 5) is 17.2. The van der Waals surface area contributed by atoms with Gasteiger partial charge in [0.25, 0.3) is 5.91 Å². The highest BCUT2D eigenvalue weighted by molar-refractivity contribution is 6.06. The van der Waals surface area contributed by atoms with E-state index in [2.05, 4.69) is 18.7 Å². The van der Waals surface area contributed by atoms with Crippen LogP contribution in [-0.2, 0) is 0 Å². The molecule has 0 spiro atoms. The first-order valence-corrected chi connectivity index (χ1v) is 9.51. The molecule has 1 aliphatic rings.